The van der Waals surface area contributed by atoms with Gasteiger partial charge in [0.25, 0.3) is 0 Å². The molecule has 0 aliphatic heterocycles. The van der Waals surface area contributed by atoms with Crippen molar-refractivity contribution in [2.24, 2.45) is 0 Å². The Bertz CT molecular complexity index is 780. The Kier molecular flexibility index (Phi) is 3.82. The maximum atomic E-state index is 6.29. The first-order valence-corrected chi connectivity index (χ1v) is 7.85. The van der Waals surface area contributed by atoms with Crippen LogP contribution in [-0.4, -0.2) is 26.6 Å². The average Bonchev–Trinajstić information content (AvgIpc) is 3.04. The molecule has 0 N–H and O–H groups in total. The molecule has 0 aliphatic rings. The summed E-state index contributed by atoms with van der Waals surface area (Å²) >= 11 is 8.01. The van der Waals surface area contributed by atoms with Crippen LogP contribution in [0.3, 0.4) is 0 Å². The van der Waals surface area contributed by atoms with E-state index >= 15 is 0 Å². The number of methoxy groups -OCH3 is 1. The van der Waals surface area contributed by atoms with Gasteiger partial charge in [-0.05, 0) is 30.9 Å². The molecule has 3 heterocycles. The van der Waals surface area contributed by atoms with Crippen molar-refractivity contribution in [3.05, 3.63) is 34.0 Å². The number of ether oxygens (including phenoxy) is 1. The first-order chi connectivity index (χ1) is 10.1. The Morgan fingerprint density at radius 2 is 2.24 bits per heavy atom. The third-order valence-corrected chi connectivity index (χ3v) is 4.55. The summed E-state index contributed by atoms with van der Waals surface area (Å²) in [6.07, 6.45) is 1.49. The molecular formula is C14H15ClN4OS. The van der Waals surface area contributed by atoms with E-state index in [0.29, 0.717) is 17.9 Å². The molecule has 21 heavy (non-hydrogen) atoms. The maximum Gasteiger partial charge on any atom is 0.245 e. The van der Waals surface area contributed by atoms with Crippen molar-refractivity contribution >= 4 is 34.1 Å². The van der Waals surface area contributed by atoms with Crippen LogP contribution in [0.15, 0.2) is 17.8 Å². The molecule has 0 radical (unpaired) electrons. The van der Waals surface area contributed by atoms with E-state index in [4.69, 9.17) is 16.3 Å². The average molecular weight is 323 g/mol. The first-order valence-electron chi connectivity index (χ1n) is 6.54. The number of thiophene rings is 1. The molecule has 0 saturated carbocycles. The fourth-order valence-electron chi connectivity index (χ4n) is 2.25. The fourth-order valence-corrected chi connectivity index (χ4v) is 3.31. The van der Waals surface area contributed by atoms with Gasteiger partial charge >= 0.3 is 0 Å². The predicted molar refractivity (Wildman–Crippen MR) is 84.3 cm³/mol. The first kappa shape index (κ1) is 14.3. The van der Waals surface area contributed by atoms with E-state index in [1.807, 2.05) is 11.5 Å². The van der Waals surface area contributed by atoms with Crippen molar-refractivity contribution in [2.45, 2.75) is 25.8 Å². The molecule has 0 amide bonds. The van der Waals surface area contributed by atoms with Crippen LogP contribution in [0, 0.1) is 6.92 Å². The van der Waals surface area contributed by atoms with Gasteiger partial charge in [-0.2, -0.15) is 4.98 Å². The van der Waals surface area contributed by atoms with Crippen LogP contribution < -0.4 is 4.74 Å². The second-order valence-corrected chi connectivity index (χ2v) is 6.41. The second-order valence-electron chi connectivity index (χ2n) is 4.75. The Hall–Kier alpha value is -1.66. The molecule has 0 fully saturated rings. The summed E-state index contributed by atoms with van der Waals surface area (Å²) < 4.78 is 7.30. The van der Waals surface area contributed by atoms with Gasteiger partial charge < -0.3 is 9.30 Å². The number of rotatable bonds is 4. The topological polar surface area (TPSA) is 52.8 Å². The van der Waals surface area contributed by atoms with Crippen LogP contribution >= 0.6 is 22.9 Å². The largest absolute Gasteiger partial charge is 0.479 e. The van der Waals surface area contributed by atoms with Crippen LogP contribution in [0.5, 0.6) is 5.88 Å². The highest BCUT2D eigenvalue weighted by Gasteiger charge is 2.20. The lowest BCUT2D eigenvalue weighted by Crippen LogP contribution is -2.06. The predicted octanol–water partition coefficient (Wildman–Crippen LogP) is 3.55. The number of hydrogen-bond donors (Lipinski definition) is 0. The summed E-state index contributed by atoms with van der Waals surface area (Å²) in [4.78, 5) is 14.3. The molecular weight excluding hydrogens is 308 g/mol. The lowest BCUT2D eigenvalue weighted by Gasteiger charge is -2.09. The van der Waals surface area contributed by atoms with Crippen molar-refractivity contribution in [3.8, 4) is 5.88 Å². The molecule has 0 aromatic carbocycles. The van der Waals surface area contributed by atoms with Crippen molar-refractivity contribution in [2.75, 3.05) is 7.11 Å². The Labute approximate surface area is 131 Å². The van der Waals surface area contributed by atoms with E-state index < -0.39 is 0 Å². The Balaban J connectivity index is 2.19. The van der Waals surface area contributed by atoms with Crippen molar-refractivity contribution < 1.29 is 4.74 Å². The van der Waals surface area contributed by atoms with E-state index in [1.54, 1.807) is 18.4 Å². The summed E-state index contributed by atoms with van der Waals surface area (Å²) in [5.41, 5.74) is 2.66. The van der Waals surface area contributed by atoms with Crippen LogP contribution in [0.1, 0.15) is 28.6 Å². The minimum atomic E-state index is -0.218. The lowest BCUT2D eigenvalue weighted by molar-refractivity contribution is 0.401. The van der Waals surface area contributed by atoms with Crippen molar-refractivity contribution in [3.63, 3.8) is 0 Å². The molecule has 3 rings (SSSR count). The van der Waals surface area contributed by atoms with Gasteiger partial charge in [0.1, 0.15) is 12.2 Å². The molecule has 0 saturated heterocycles. The van der Waals surface area contributed by atoms with Crippen LogP contribution in [0.4, 0.5) is 0 Å². The van der Waals surface area contributed by atoms with Gasteiger partial charge in [0.2, 0.25) is 5.88 Å². The van der Waals surface area contributed by atoms with Crippen LogP contribution in [0.2, 0.25) is 0 Å². The standard InChI is InChI=1S/C14H15ClN4OS/c1-8-4-5-21-10(8)6-19-12(9(2)15)18-11-13(19)16-7-17-14(11)20-3/h4-5,7,9H,6H2,1-3H3. The normalized spacial score (nSPS) is 12.8. The lowest BCUT2D eigenvalue weighted by atomic mass is 10.3. The number of hydrogen-bond acceptors (Lipinski definition) is 5. The van der Waals surface area contributed by atoms with E-state index in [1.165, 1.54) is 16.8 Å². The Morgan fingerprint density at radius 1 is 1.43 bits per heavy atom. The molecule has 0 spiro atoms. The summed E-state index contributed by atoms with van der Waals surface area (Å²) in [5, 5.41) is 1.87. The third kappa shape index (κ3) is 2.49. The second kappa shape index (κ2) is 5.61. The molecule has 1 atom stereocenters. The van der Waals surface area contributed by atoms with Gasteiger partial charge in [-0.3, -0.25) is 0 Å². The van der Waals surface area contributed by atoms with Gasteiger partial charge in [-0.15, -0.1) is 22.9 Å². The highest BCUT2D eigenvalue weighted by Crippen LogP contribution is 2.29. The minimum Gasteiger partial charge on any atom is -0.479 e. The van der Waals surface area contributed by atoms with Gasteiger partial charge in [0, 0.05) is 4.88 Å². The van der Waals surface area contributed by atoms with Crippen LogP contribution in [0.25, 0.3) is 11.2 Å². The Morgan fingerprint density at radius 3 is 2.86 bits per heavy atom. The zero-order valence-electron chi connectivity index (χ0n) is 12.0. The van der Waals surface area contributed by atoms with E-state index in [2.05, 4.69) is 33.3 Å². The minimum absolute atomic E-state index is 0.218. The highest BCUT2D eigenvalue weighted by molar-refractivity contribution is 7.10. The monoisotopic (exact) mass is 322 g/mol. The van der Waals surface area contributed by atoms with Crippen LogP contribution in [-0.2, 0) is 6.54 Å². The molecule has 1 unspecified atom stereocenters. The van der Waals surface area contributed by atoms with Gasteiger partial charge in [0.05, 0.1) is 19.0 Å². The SMILES string of the molecule is COc1ncnc2c1nc(C(C)Cl)n2Cc1sccc1C. The quantitative estimate of drug-likeness (QED) is 0.689. The summed E-state index contributed by atoms with van der Waals surface area (Å²) in [7, 11) is 1.58. The van der Waals surface area contributed by atoms with Crippen molar-refractivity contribution in [1.29, 1.82) is 0 Å². The molecule has 0 aliphatic carbocycles. The number of fused-ring (bicyclic) bond motifs is 1. The summed E-state index contributed by atoms with van der Waals surface area (Å²) in [5.74, 6) is 1.25. The van der Waals surface area contributed by atoms with Crippen molar-refractivity contribution in [1.82, 2.24) is 19.5 Å². The number of halogens is 1. The molecule has 7 heteroatoms. The maximum absolute atomic E-state index is 6.29. The van der Waals surface area contributed by atoms with Gasteiger partial charge in [-0.1, -0.05) is 0 Å². The molecule has 3 aromatic heterocycles. The highest BCUT2D eigenvalue weighted by atomic mass is 35.5. The zero-order chi connectivity index (χ0) is 15.0. The van der Waals surface area contributed by atoms with E-state index in [-0.39, 0.29) is 5.38 Å². The zero-order valence-corrected chi connectivity index (χ0v) is 13.6. The number of alkyl halides is 1. The van der Waals surface area contributed by atoms with Gasteiger partial charge in [0.15, 0.2) is 11.2 Å². The van der Waals surface area contributed by atoms with E-state index in [0.717, 1.165) is 11.5 Å². The third-order valence-electron chi connectivity index (χ3n) is 3.35. The number of aryl methyl sites for hydroxylation is 1. The number of nitrogens with zero attached hydrogens (tertiary/aromatic N) is 4. The smallest absolute Gasteiger partial charge is 0.245 e. The fraction of sp³-hybridized carbons (Fsp3) is 0.357. The molecule has 110 valence electrons. The summed E-state index contributed by atoms with van der Waals surface area (Å²) in [6.45, 7) is 4.71. The molecule has 0 bridgehead atoms. The molecule has 3 aromatic rings. The summed E-state index contributed by atoms with van der Waals surface area (Å²) in [6, 6.07) is 2.11. The van der Waals surface area contributed by atoms with Gasteiger partial charge in [-0.25, -0.2) is 9.97 Å². The molecule has 5 nitrogen and oxygen atoms in total. The number of imidazole rings is 1. The van der Waals surface area contributed by atoms with E-state index in [9.17, 15) is 0 Å². The number of aromatic nitrogens is 4.